The molecular weight excluding hydrogens is 288 g/mol. The zero-order valence-electron chi connectivity index (χ0n) is 14.5. The van der Waals surface area contributed by atoms with Gasteiger partial charge in [0.25, 0.3) is 0 Å². The maximum atomic E-state index is 13.0. The van der Waals surface area contributed by atoms with Crippen molar-refractivity contribution in [2.24, 2.45) is 11.3 Å². The summed E-state index contributed by atoms with van der Waals surface area (Å²) in [6.45, 7) is 9.86. The third kappa shape index (κ3) is 2.52. The molecule has 0 aromatic heterocycles. The minimum absolute atomic E-state index is 0.00963. The molecule has 1 aliphatic carbocycles. The van der Waals surface area contributed by atoms with E-state index in [1.165, 1.54) is 0 Å². The van der Waals surface area contributed by atoms with Gasteiger partial charge in [0.1, 0.15) is 5.76 Å². The Bertz CT molecular complexity index is 715. The van der Waals surface area contributed by atoms with Gasteiger partial charge in [0.05, 0.1) is 0 Å². The van der Waals surface area contributed by atoms with Gasteiger partial charge < -0.3 is 4.74 Å². The summed E-state index contributed by atoms with van der Waals surface area (Å²) in [5.41, 5.74) is 1.05. The molecule has 0 saturated carbocycles. The molecule has 2 bridgehead atoms. The van der Waals surface area contributed by atoms with E-state index in [1.807, 2.05) is 19.1 Å². The third-order valence-electron chi connectivity index (χ3n) is 5.03. The highest BCUT2D eigenvalue weighted by atomic mass is 16.5. The second-order valence-electron chi connectivity index (χ2n) is 7.80. The van der Waals surface area contributed by atoms with Crippen LogP contribution in [-0.4, -0.2) is 17.2 Å². The van der Waals surface area contributed by atoms with Gasteiger partial charge in [-0.3, -0.25) is 9.59 Å². The van der Waals surface area contributed by atoms with Gasteiger partial charge in [0, 0.05) is 18.4 Å². The zero-order chi connectivity index (χ0) is 17.0. The maximum absolute atomic E-state index is 13.0. The van der Waals surface area contributed by atoms with Crippen LogP contribution >= 0.6 is 0 Å². The van der Waals surface area contributed by atoms with Crippen LogP contribution in [0.25, 0.3) is 0 Å². The van der Waals surface area contributed by atoms with Crippen LogP contribution in [0.2, 0.25) is 0 Å². The molecule has 0 aromatic rings. The lowest BCUT2D eigenvalue weighted by Gasteiger charge is -2.28. The van der Waals surface area contributed by atoms with E-state index >= 15 is 0 Å². The SMILES string of the molecule is CC1=C2CC(C)(C)/C=C\C(=O)/C(C)=C\C3=CC(C)CC3(O2)C1=O. The normalized spacial score (nSPS) is 36.7. The molecule has 122 valence electrons. The number of carbonyl (C=O) groups excluding carboxylic acids is 2. The van der Waals surface area contributed by atoms with E-state index in [0.29, 0.717) is 18.4 Å². The molecule has 0 fully saturated rings. The molecule has 0 aromatic carbocycles. The lowest BCUT2D eigenvalue weighted by Crippen LogP contribution is -2.37. The standard InChI is InChI=1S/C20H24O3/c1-12-8-15-9-13(2)16(21)6-7-19(4,5)11-17-14(3)18(22)20(15,10-12)23-17/h6-9,12H,10-11H2,1-5H3/b7-6-,13-9-. The Morgan fingerprint density at radius 2 is 1.91 bits per heavy atom. The van der Waals surface area contributed by atoms with Crippen LogP contribution < -0.4 is 0 Å². The summed E-state index contributed by atoms with van der Waals surface area (Å²) < 4.78 is 6.29. The first-order chi connectivity index (χ1) is 10.6. The second-order valence-corrected chi connectivity index (χ2v) is 7.80. The van der Waals surface area contributed by atoms with Crippen LogP contribution in [0.3, 0.4) is 0 Å². The van der Waals surface area contributed by atoms with E-state index in [9.17, 15) is 9.59 Å². The Morgan fingerprint density at radius 1 is 1.22 bits per heavy atom. The number of fused-ring (bicyclic) bond motifs is 1. The van der Waals surface area contributed by atoms with E-state index in [4.69, 9.17) is 4.74 Å². The van der Waals surface area contributed by atoms with Crippen LogP contribution in [0, 0.1) is 11.3 Å². The highest BCUT2D eigenvalue weighted by Crippen LogP contribution is 2.48. The molecular formula is C20H24O3. The lowest BCUT2D eigenvalue weighted by atomic mass is 9.84. The van der Waals surface area contributed by atoms with Crippen molar-refractivity contribution in [2.75, 3.05) is 0 Å². The van der Waals surface area contributed by atoms with Crippen molar-refractivity contribution >= 4 is 11.6 Å². The van der Waals surface area contributed by atoms with Crippen molar-refractivity contribution in [2.45, 2.75) is 53.1 Å². The van der Waals surface area contributed by atoms with E-state index in [0.717, 1.165) is 16.9 Å². The van der Waals surface area contributed by atoms with Crippen molar-refractivity contribution in [1.29, 1.82) is 0 Å². The molecule has 3 aliphatic rings. The predicted molar refractivity (Wildman–Crippen MR) is 89.7 cm³/mol. The quantitative estimate of drug-likeness (QED) is 0.677. The maximum Gasteiger partial charge on any atom is 0.210 e. The molecule has 2 unspecified atom stereocenters. The Labute approximate surface area is 137 Å². The Hall–Kier alpha value is -1.90. The zero-order valence-corrected chi connectivity index (χ0v) is 14.5. The lowest BCUT2D eigenvalue weighted by molar-refractivity contribution is -0.127. The third-order valence-corrected chi connectivity index (χ3v) is 5.03. The molecule has 3 rings (SSSR count). The first-order valence-corrected chi connectivity index (χ1v) is 8.22. The van der Waals surface area contributed by atoms with Gasteiger partial charge in [-0.05, 0) is 48.5 Å². The number of hydrogen-bond donors (Lipinski definition) is 0. The number of Topliss-reactive ketones (excluding diaryl/α,β-unsaturated/α-hetero) is 1. The van der Waals surface area contributed by atoms with Crippen molar-refractivity contribution in [3.05, 3.63) is 46.8 Å². The average Bonchev–Trinajstić information content (AvgIpc) is 2.88. The van der Waals surface area contributed by atoms with E-state index < -0.39 is 5.60 Å². The summed E-state index contributed by atoms with van der Waals surface area (Å²) in [4.78, 5) is 25.3. The molecule has 2 heterocycles. The second kappa shape index (κ2) is 5.05. The highest BCUT2D eigenvalue weighted by Gasteiger charge is 2.53. The molecule has 3 nitrogen and oxygen atoms in total. The summed E-state index contributed by atoms with van der Waals surface area (Å²) >= 11 is 0. The molecule has 2 atom stereocenters. The summed E-state index contributed by atoms with van der Waals surface area (Å²) in [5.74, 6) is 1.07. The summed E-state index contributed by atoms with van der Waals surface area (Å²) in [6.07, 6.45) is 8.74. The van der Waals surface area contributed by atoms with Gasteiger partial charge in [-0.15, -0.1) is 0 Å². The number of rotatable bonds is 0. The van der Waals surface area contributed by atoms with Gasteiger partial charge in [-0.2, -0.15) is 0 Å². The fourth-order valence-corrected chi connectivity index (χ4v) is 3.70. The van der Waals surface area contributed by atoms with Crippen molar-refractivity contribution < 1.29 is 14.3 Å². The minimum Gasteiger partial charge on any atom is -0.478 e. The largest absolute Gasteiger partial charge is 0.478 e. The number of carbonyl (C=O) groups is 2. The Balaban J connectivity index is 2.17. The molecule has 0 saturated heterocycles. The molecule has 0 N–H and O–H groups in total. The molecule has 0 amide bonds. The highest BCUT2D eigenvalue weighted by molar-refractivity contribution is 6.08. The summed E-state index contributed by atoms with van der Waals surface area (Å²) in [6, 6.07) is 0. The van der Waals surface area contributed by atoms with Gasteiger partial charge in [0.15, 0.2) is 11.4 Å². The van der Waals surface area contributed by atoms with Crippen LogP contribution in [0.5, 0.6) is 0 Å². The minimum atomic E-state index is -0.916. The number of allylic oxidation sites excluding steroid dienone is 5. The summed E-state index contributed by atoms with van der Waals surface area (Å²) in [5, 5.41) is 0. The van der Waals surface area contributed by atoms with Crippen molar-refractivity contribution in [3.8, 4) is 0 Å². The van der Waals surface area contributed by atoms with Crippen molar-refractivity contribution in [1.82, 2.24) is 0 Å². The topological polar surface area (TPSA) is 43.4 Å². The smallest absolute Gasteiger partial charge is 0.210 e. The average molecular weight is 312 g/mol. The monoisotopic (exact) mass is 312 g/mol. The molecule has 2 aliphatic heterocycles. The van der Waals surface area contributed by atoms with Gasteiger partial charge >= 0.3 is 0 Å². The Morgan fingerprint density at radius 3 is 2.61 bits per heavy atom. The van der Waals surface area contributed by atoms with Crippen LogP contribution in [-0.2, 0) is 14.3 Å². The fraction of sp³-hybridized carbons (Fsp3) is 0.500. The van der Waals surface area contributed by atoms with Gasteiger partial charge in [0.2, 0.25) is 5.78 Å². The first kappa shape index (κ1) is 16.0. The Kier molecular flexibility index (Phi) is 3.51. The van der Waals surface area contributed by atoms with Gasteiger partial charge in [-0.25, -0.2) is 0 Å². The van der Waals surface area contributed by atoms with E-state index in [1.54, 1.807) is 13.0 Å². The number of ether oxygens (including phenoxy) is 1. The fourth-order valence-electron chi connectivity index (χ4n) is 3.70. The van der Waals surface area contributed by atoms with E-state index in [2.05, 4.69) is 26.8 Å². The summed E-state index contributed by atoms with van der Waals surface area (Å²) in [7, 11) is 0. The van der Waals surface area contributed by atoms with Crippen LogP contribution in [0.15, 0.2) is 46.8 Å². The van der Waals surface area contributed by atoms with E-state index in [-0.39, 0.29) is 22.9 Å². The number of ketones is 2. The van der Waals surface area contributed by atoms with Gasteiger partial charge in [-0.1, -0.05) is 32.9 Å². The molecule has 3 heteroatoms. The molecule has 0 radical (unpaired) electrons. The number of hydrogen-bond acceptors (Lipinski definition) is 3. The molecule has 1 spiro atoms. The molecule has 23 heavy (non-hydrogen) atoms. The van der Waals surface area contributed by atoms with Crippen LogP contribution in [0.4, 0.5) is 0 Å². The first-order valence-electron chi connectivity index (χ1n) is 8.22. The predicted octanol–water partition coefficient (Wildman–Crippen LogP) is 4.07. The van der Waals surface area contributed by atoms with Crippen LogP contribution in [0.1, 0.15) is 47.5 Å². The van der Waals surface area contributed by atoms with Crippen molar-refractivity contribution in [3.63, 3.8) is 0 Å².